The van der Waals surface area contributed by atoms with Gasteiger partial charge in [-0.05, 0) is 24.1 Å². The number of fused-ring (bicyclic) bond motifs is 1. The van der Waals surface area contributed by atoms with E-state index in [9.17, 15) is 14.9 Å². The van der Waals surface area contributed by atoms with Crippen molar-refractivity contribution in [3.8, 4) is 11.5 Å². The molecule has 0 aliphatic heterocycles. The molecule has 0 radical (unpaired) electrons. The number of non-ortho nitro benzene ring substituents is 1. The number of hydrogen-bond donors (Lipinski definition) is 0. The molecule has 0 bridgehead atoms. The third-order valence-corrected chi connectivity index (χ3v) is 4.04. The zero-order valence-electron chi connectivity index (χ0n) is 14.4. The van der Waals surface area contributed by atoms with Gasteiger partial charge in [0.25, 0.3) is 5.69 Å². The number of nitro groups is 1. The lowest BCUT2D eigenvalue weighted by Crippen LogP contribution is -2.05. The predicted molar refractivity (Wildman–Crippen MR) is 95.8 cm³/mol. The Morgan fingerprint density at radius 3 is 2.62 bits per heavy atom. The molecule has 0 aliphatic rings. The molecule has 0 aliphatic carbocycles. The summed E-state index contributed by atoms with van der Waals surface area (Å²) in [5, 5.41) is 11.7. The van der Waals surface area contributed by atoms with Crippen LogP contribution in [-0.4, -0.2) is 12.0 Å². The summed E-state index contributed by atoms with van der Waals surface area (Å²) < 4.78 is 16.2. The Balaban J connectivity index is 1.96. The number of ether oxygens (including phenoxy) is 2. The van der Waals surface area contributed by atoms with Gasteiger partial charge in [-0.3, -0.25) is 10.1 Å². The number of aryl methyl sites for hydroxylation is 1. The molecule has 0 fully saturated rings. The van der Waals surface area contributed by atoms with E-state index >= 15 is 0 Å². The molecule has 0 atom stereocenters. The third kappa shape index (κ3) is 3.51. The van der Waals surface area contributed by atoms with Crippen molar-refractivity contribution in [3.05, 3.63) is 74.1 Å². The summed E-state index contributed by atoms with van der Waals surface area (Å²) in [5.41, 5.74) is 1.59. The Morgan fingerprint density at radius 2 is 1.92 bits per heavy atom. The van der Waals surface area contributed by atoms with Crippen molar-refractivity contribution in [2.45, 2.75) is 20.0 Å². The summed E-state index contributed by atoms with van der Waals surface area (Å²) in [6, 6.07) is 11.1. The second-order valence-electron chi connectivity index (χ2n) is 5.66. The van der Waals surface area contributed by atoms with E-state index in [2.05, 4.69) is 0 Å². The highest BCUT2D eigenvalue weighted by molar-refractivity contribution is 5.80. The highest BCUT2D eigenvalue weighted by atomic mass is 16.6. The van der Waals surface area contributed by atoms with Gasteiger partial charge in [-0.15, -0.1) is 0 Å². The molecule has 2 aromatic carbocycles. The van der Waals surface area contributed by atoms with Gasteiger partial charge in [-0.2, -0.15) is 0 Å². The molecule has 3 aromatic rings. The van der Waals surface area contributed by atoms with Gasteiger partial charge in [-0.25, -0.2) is 4.79 Å². The van der Waals surface area contributed by atoms with Gasteiger partial charge < -0.3 is 13.9 Å². The number of nitro benzene ring substituents is 1. The van der Waals surface area contributed by atoms with Crippen LogP contribution in [0.5, 0.6) is 11.5 Å². The summed E-state index contributed by atoms with van der Waals surface area (Å²) in [6.45, 7) is 2.06. The van der Waals surface area contributed by atoms with E-state index in [1.54, 1.807) is 0 Å². The molecule has 7 heteroatoms. The maximum Gasteiger partial charge on any atom is 0.336 e. The topological polar surface area (TPSA) is 91.8 Å². The zero-order valence-corrected chi connectivity index (χ0v) is 14.4. The van der Waals surface area contributed by atoms with E-state index in [1.807, 2.05) is 25.1 Å². The maximum absolute atomic E-state index is 11.8. The number of rotatable bonds is 6. The molecule has 0 saturated heterocycles. The first-order chi connectivity index (χ1) is 12.5. The minimum atomic E-state index is -0.509. The van der Waals surface area contributed by atoms with Crippen LogP contribution in [0.25, 0.3) is 11.0 Å². The van der Waals surface area contributed by atoms with Crippen molar-refractivity contribution in [1.29, 1.82) is 0 Å². The van der Waals surface area contributed by atoms with Crippen LogP contribution in [0.3, 0.4) is 0 Å². The Hall–Kier alpha value is -3.35. The lowest BCUT2D eigenvalue weighted by atomic mass is 10.1. The molecular formula is C19H17NO6. The van der Waals surface area contributed by atoms with Gasteiger partial charge in [-0.1, -0.05) is 19.1 Å². The van der Waals surface area contributed by atoms with Gasteiger partial charge in [0.2, 0.25) is 0 Å². The molecule has 7 nitrogen and oxygen atoms in total. The fraction of sp³-hybridized carbons (Fsp3) is 0.211. The number of nitrogens with zero attached hydrogens (tertiary/aromatic N) is 1. The highest BCUT2D eigenvalue weighted by Gasteiger charge is 2.14. The van der Waals surface area contributed by atoms with Crippen molar-refractivity contribution >= 4 is 16.7 Å². The summed E-state index contributed by atoms with van der Waals surface area (Å²) in [7, 11) is 1.45. The average molecular weight is 355 g/mol. The Kier molecular flexibility index (Phi) is 4.88. The van der Waals surface area contributed by atoms with Crippen LogP contribution >= 0.6 is 0 Å². The molecule has 0 amide bonds. The minimum absolute atomic E-state index is 0.0467. The first-order valence-electron chi connectivity index (χ1n) is 8.02. The normalized spacial score (nSPS) is 10.7. The fourth-order valence-electron chi connectivity index (χ4n) is 2.66. The van der Waals surface area contributed by atoms with Crippen LogP contribution in [0, 0.1) is 10.1 Å². The predicted octanol–water partition coefficient (Wildman–Crippen LogP) is 3.85. The van der Waals surface area contributed by atoms with Crippen LogP contribution in [-0.2, 0) is 13.0 Å². The number of hydrogen-bond acceptors (Lipinski definition) is 6. The highest BCUT2D eigenvalue weighted by Crippen LogP contribution is 2.32. The smallest absolute Gasteiger partial charge is 0.336 e. The van der Waals surface area contributed by atoms with Gasteiger partial charge in [0.15, 0.2) is 11.5 Å². The van der Waals surface area contributed by atoms with E-state index in [0.717, 1.165) is 17.4 Å². The van der Waals surface area contributed by atoms with E-state index in [-0.39, 0.29) is 18.0 Å². The van der Waals surface area contributed by atoms with Crippen LogP contribution in [0.4, 0.5) is 5.69 Å². The van der Waals surface area contributed by atoms with Crippen molar-refractivity contribution in [2.24, 2.45) is 0 Å². The first-order valence-corrected chi connectivity index (χ1v) is 8.02. The van der Waals surface area contributed by atoms with Crippen LogP contribution in [0.1, 0.15) is 18.1 Å². The monoisotopic (exact) mass is 355 g/mol. The summed E-state index contributed by atoms with van der Waals surface area (Å²) in [5.74, 6) is 0.601. The van der Waals surface area contributed by atoms with Gasteiger partial charge in [0.1, 0.15) is 12.2 Å². The largest absolute Gasteiger partial charge is 0.493 e. The van der Waals surface area contributed by atoms with Gasteiger partial charge >= 0.3 is 5.63 Å². The van der Waals surface area contributed by atoms with Crippen LogP contribution < -0.4 is 15.1 Å². The average Bonchev–Trinajstić information content (AvgIpc) is 2.64. The van der Waals surface area contributed by atoms with Crippen molar-refractivity contribution in [3.63, 3.8) is 0 Å². The number of benzene rings is 2. The van der Waals surface area contributed by atoms with Crippen molar-refractivity contribution in [2.75, 3.05) is 7.11 Å². The second-order valence-corrected chi connectivity index (χ2v) is 5.66. The Morgan fingerprint density at radius 1 is 1.12 bits per heavy atom. The molecule has 1 aromatic heterocycles. The minimum Gasteiger partial charge on any atom is -0.493 e. The summed E-state index contributed by atoms with van der Waals surface area (Å²) in [6.07, 6.45) is 0.825. The lowest BCUT2D eigenvalue weighted by molar-refractivity contribution is -0.385. The fourth-order valence-corrected chi connectivity index (χ4v) is 2.66. The molecule has 134 valence electrons. The molecule has 0 unspecified atom stereocenters. The summed E-state index contributed by atoms with van der Waals surface area (Å²) >= 11 is 0. The molecule has 0 spiro atoms. The molecular weight excluding hydrogens is 338 g/mol. The van der Waals surface area contributed by atoms with Crippen molar-refractivity contribution < 1.29 is 18.8 Å². The lowest BCUT2D eigenvalue weighted by Gasteiger charge is -2.11. The third-order valence-electron chi connectivity index (χ3n) is 4.04. The van der Waals surface area contributed by atoms with Crippen molar-refractivity contribution in [1.82, 2.24) is 0 Å². The first kappa shape index (κ1) is 17.5. The van der Waals surface area contributed by atoms with E-state index < -0.39 is 10.5 Å². The quantitative estimate of drug-likeness (QED) is 0.379. The zero-order chi connectivity index (χ0) is 18.7. The molecule has 0 N–H and O–H groups in total. The van der Waals surface area contributed by atoms with Crippen LogP contribution in [0.15, 0.2) is 51.7 Å². The molecule has 0 saturated carbocycles. The van der Waals surface area contributed by atoms with Crippen LogP contribution in [0.2, 0.25) is 0 Å². The number of methoxy groups -OCH3 is 1. The maximum atomic E-state index is 11.8. The molecule has 26 heavy (non-hydrogen) atoms. The SMILES string of the molecule is CCc1ccc2c(COc3cc([N+](=O)[O-])ccc3OC)cc(=O)oc2c1. The standard InChI is InChI=1S/C19H17NO6/c1-3-12-4-6-15-13(9-19(21)26-17(15)8-12)11-25-18-10-14(20(22)23)5-7-16(18)24-2/h4-10H,3,11H2,1-2H3. The molecule has 3 rings (SSSR count). The van der Waals surface area contributed by atoms with Gasteiger partial charge in [0.05, 0.1) is 18.1 Å². The Labute approximate surface area is 148 Å². The second kappa shape index (κ2) is 7.26. The van der Waals surface area contributed by atoms with E-state index in [0.29, 0.717) is 16.9 Å². The summed E-state index contributed by atoms with van der Waals surface area (Å²) in [4.78, 5) is 22.3. The van der Waals surface area contributed by atoms with E-state index in [4.69, 9.17) is 13.9 Å². The Bertz CT molecular complexity index is 1020. The van der Waals surface area contributed by atoms with E-state index in [1.165, 1.54) is 31.4 Å². The molecule has 1 heterocycles. The van der Waals surface area contributed by atoms with Gasteiger partial charge in [0, 0.05) is 23.1 Å².